The summed E-state index contributed by atoms with van der Waals surface area (Å²) in [5.74, 6) is -7.21. The Morgan fingerprint density at radius 1 is 0.846 bits per heavy atom. The third-order valence-corrected chi connectivity index (χ3v) is 5.33. The van der Waals surface area contributed by atoms with Gasteiger partial charge in [-0.25, -0.2) is 0 Å². The molecule has 0 radical (unpaired) electrons. The highest BCUT2D eigenvalue weighted by molar-refractivity contribution is 5.91. The van der Waals surface area contributed by atoms with E-state index in [0.29, 0.717) is 25.7 Å². The largest absolute Gasteiger partial charge is 0.481 e. The van der Waals surface area contributed by atoms with Crippen LogP contribution in [0.1, 0.15) is 72.1 Å². The minimum Gasteiger partial charge on any atom is -0.481 e. The summed E-state index contributed by atoms with van der Waals surface area (Å²) >= 11 is 0. The van der Waals surface area contributed by atoms with E-state index in [-0.39, 0.29) is 12.8 Å². The van der Waals surface area contributed by atoms with Gasteiger partial charge in [-0.2, -0.15) is 0 Å². The van der Waals surface area contributed by atoms with Gasteiger partial charge in [-0.1, -0.05) is 39.5 Å². The summed E-state index contributed by atoms with van der Waals surface area (Å²) in [6, 6.07) is 0. The zero-order valence-electron chi connectivity index (χ0n) is 15.7. The van der Waals surface area contributed by atoms with Crippen molar-refractivity contribution < 1.29 is 39.6 Å². The molecule has 0 saturated carbocycles. The lowest BCUT2D eigenvalue weighted by Crippen LogP contribution is -2.57. The maximum absolute atomic E-state index is 12.4. The van der Waals surface area contributed by atoms with Gasteiger partial charge in [0.25, 0.3) is 0 Å². The molecule has 0 aromatic rings. The SMILES string of the molecule is CCCCC(C)(C(=O)O)C(CCCC)(C(=O)O)C(CCC(=O)O)C(=O)O. The van der Waals surface area contributed by atoms with Crippen molar-refractivity contribution in [1.29, 1.82) is 0 Å². The molecule has 0 spiro atoms. The molecule has 0 amide bonds. The van der Waals surface area contributed by atoms with Crippen LogP contribution in [0, 0.1) is 16.7 Å². The smallest absolute Gasteiger partial charge is 0.311 e. The van der Waals surface area contributed by atoms with Gasteiger partial charge >= 0.3 is 23.9 Å². The lowest BCUT2D eigenvalue weighted by molar-refractivity contribution is -0.187. The van der Waals surface area contributed by atoms with Crippen LogP contribution in [0.3, 0.4) is 0 Å². The van der Waals surface area contributed by atoms with Gasteiger partial charge in [-0.05, 0) is 26.2 Å². The Hall–Kier alpha value is -2.12. The van der Waals surface area contributed by atoms with Gasteiger partial charge in [0.15, 0.2) is 0 Å². The standard InChI is InChI=1S/C18H30O8/c1-4-6-10-17(3,15(23)24)18(16(25)26,11-7-5-2)12(14(21)22)8-9-13(19)20/h12H,4-11H2,1-3H3,(H,19,20)(H,21,22)(H,23,24)(H,25,26). The molecule has 0 aromatic heterocycles. The van der Waals surface area contributed by atoms with Crippen molar-refractivity contribution >= 4 is 23.9 Å². The number of aliphatic carboxylic acids is 4. The number of hydrogen-bond donors (Lipinski definition) is 4. The molecule has 0 aromatic carbocycles. The highest BCUT2D eigenvalue weighted by Gasteiger charge is 2.63. The van der Waals surface area contributed by atoms with Gasteiger partial charge in [0.05, 0.1) is 16.7 Å². The Labute approximate surface area is 153 Å². The van der Waals surface area contributed by atoms with Gasteiger partial charge in [0.1, 0.15) is 0 Å². The molecule has 0 saturated heterocycles. The molecule has 26 heavy (non-hydrogen) atoms. The summed E-state index contributed by atoms with van der Waals surface area (Å²) < 4.78 is 0. The van der Waals surface area contributed by atoms with Crippen molar-refractivity contribution in [2.24, 2.45) is 16.7 Å². The van der Waals surface area contributed by atoms with Crippen LogP contribution in [0.15, 0.2) is 0 Å². The quantitative estimate of drug-likeness (QED) is 0.362. The monoisotopic (exact) mass is 374 g/mol. The van der Waals surface area contributed by atoms with Crippen molar-refractivity contribution in [3.63, 3.8) is 0 Å². The molecule has 3 atom stereocenters. The first kappa shape index (κ1) is 23.9. The fraction of sp³-hybridized carbons (Fsp3) is 0.778. The number of carboxylic acids is 4. The molecule has 0 aliphatic carbocycles. The van der Waals surface area contributed by atoms with Gasteiger partial charge < -0.3 is 20.4 Å². The molecule has 0 bridgehead atoms. The third kappa shape index (κ3) is 4.95. The zero-order chi connectivity index (χ0) is 20.5. The Balaban J connectivity index is 6.51. The molecule has 0 heterocycles. The second-order valence-electron chi connectivity index (χ2n) is 6.94. The van der Waals surface area contributed by atoms with E-state index in [4.69, 9.17) is 5.11 Å². The Morgan fingerprint density at radius 2 is 1.35 bits per heavy atom. The summed E-state index contributed by atoms with van der Waals surface area (Å²) in [7, 11) is 0. The predicted molar refractivity (Wildman–Crippen MR) is 92.9 cm³/mol. The van der Waals surface area contributed by atoms with E-state index in [0.717, 1.165) is 0 Å². The second kappa shape index (κ2) is 10.1. The van der Waals surface area contributed by atoms with Crippen molar-refractivity contribution in [1.82, 2.24) is 0 Å². The van der Waals surface area contributed by atoms with Gasteiger partial charge in [-0.3, -0.25) is 19.2 Å². The fourth-order valence-electron chi connectivity index (χ4n) is 3.68. The van der Waals surface area contributed by atoms with E-state index in [1.165, 1.54) is 6.92 Å². The Morgan fingerprint density at radius 3 is 1.69 bits per heavy atom. The van der Waals surface area contributed by atoms with Crippen LogP contribution in [-0.4, -0.2) is 44.3 Å². The molecule has 4 N–H and O–H groups in total. The third-order valence-electron chi connectivity index (χ3n) is 5.33. The van der Waals surface area contributed by atoms with Crippen LogP contribution in [0.4, 0.5) is 0 Å². The minimum atomic E-state index is -2.09. The molecule has 3 unspecified atom stereocenters. The maximum Gasteiger partial charge on any atom is 0.311 e. The number of hydrogen-bond acceptors (Lipinski definition) is 4. The first-order valence-electron chi connectivity index (χ1n) is 8.92. The number of rotatable bonds is 14. The van der Waals surface area contributed by atoms with E-state index >= 15 is 0 Å². The summed E-state index contributed by atoms with van der Waals surface area (Å²) in [5.41, 5.74) is -3.92. The van der Waals surface area contributed by atoms with E-state index in [2.05, 4.69) is 0 Å². The lowest BCUT2D eigenvalue weighted by Gasteiger charge is -2.46. The molecule has 0 aliphatic rings. The molecule has 0 fully saturated rings. The molecular weight excluding hydrogens is 344 g/mol. The highest BCUT2D eigenvalue weighted by Crippen LogP contribution is 2.54. The van der Waals surface area contributed by atoms with E-state index in [1.54, 1.807) is 6.92 Å². The first-order chi connectivity index (χ1) is 12.0. The second-order valence-corrected chi connectivity index (χ2v) is 6.94. The maximum atomic E-state index is 12.4. The van der Waals surface area contributed by atoms with Crippen LogP contribution >= 0.6 is 0 Å². The van der Waals surface area contributed by atoms with Crippen LogP contribution in [0.2, 0.25) is 0 Å². The average molecular weight is 374 g/mol. The van der Waals surface area contributed by atoms with E-state index in [1.807, 2.05) is 6.92 Å². The topological polar surface area (TPSA) is 149 Å². The molecule has 0 aliphatic heterocycles. The van der Waals surface area contributed by atoms with Crippen LogP contribution in [0.5, 0.6) is 0 Å². The van der Waals surface area contributed by atoms with Gasteiger partial charge in [-0.15, -0.1) is 0 Å². The van der Waals surface area contributed by atoms with Crippen LogP contribution in [0.25, 0.3) is 0 Å². The van der Waals surface area contributed by atoms with E-state index in [9.17, 15) is 34.5 Å². The van der Waals surface area contributed by atoms with Crippen molar-refractivity contribution in [3.05, 3.63) is 0 Å². The number of carbonyl (C=O) groups is 4. The number of carboxylic acid groups (broad SMARTS) is 4. The summed E-state index contributed by atoms with van der Waals surface area (Å²) in [5, 5.41) is 38.5. The van der Waals surface area contributed by atoms with Gasteiger partial charge in [0, 0.05) is 6.42 Å². The van der Waals surface area contributed by atoms with E-state index < -0.39 is 53.5 Å². The average Bonchev–Trinajstić information content (AvgIpc) is 2.54. The minimum absolute atomic E-state index is 0.00565. The van der Waals surface area contributed by atoms with Gasteiger partial charge in [0.2, 0.25) is 0 Å². The molecule has 8 heteroatoms. The molecule has 8 nitrogen and oxygen atoms in total. The normalized spacial score (nSPS) is 16.9. The fourth-order valence-corrected chi connectivity index (χ4v) is 3.68. The molecular formula is C18H30O8. The first-order valence-corrected chi connectivity index (χ1v) is 8.92. The Kier molecular flexibility index (Phi) is 9.31. The van der Waals surface area contributed by atoms with Crippen molar-refractivity contribution in [2.75, 3.05) is 0 Å². The highest BCUT2D eigenvalue weighted by atomic mass is 16.4. The summed E-state index contributed by atoms with van der Waals surface area (Å²) in [6.45, 7) is 4.91. The van der Waals surface area contributed by atoms with Crippen LogP contribution < -0.4 is 0 Å². The van der Waals surface area contributed by atoms with Crippen LogP contribution in [-0.2, 0) is 19.2 Å². The zero-order valence-corrected chi connectivity index (χ0v) is 15.7. The molecule has 0 rings (SSSR count). The van der Waals surface area contributed by atoms with Crippen molar-refractivity contribution in [2.45, 2.75) is 72.1 Å². The van der Waals surface area contributed by atoms with Crippen molar-refractivity contribution in [3.8, 4) is 0 Å². The Bertz CT molecular complexity index is 529. The summed E-state index contributed by atoms with van der Waals surface area (Å²) in [4.78, 5) is 47.3. The number of unbranched alkanes of at least 4 members (excludes halogenated alkanes) is 2. The molecule has 150 valence electrons. The predicted octanol–water partition coefficient (Wildman–Crippen LogP) is 3.09. The summed E-state index contributed by atoms with van der Waals surface area (Å²) in [6.07, 6.45) is 0.835. The lowest BCUT2D eigenvalue weighted by atomic mass is 9.53.